The lowest BCUT2D eigenvalue weighted by molar-refractivity contribution is -0.145. The third-order valence-electron chi connectivity index (χ3n) is 6.72. The summed E-state index contributed by atoms with van der Waals surface area (Å²) in [5.41, 5.74) is 0.177. The van der Waals surface area contributed by atoms with Gasteiger partial charge in [0.05, 0.1) is 25.7 Å². The zero-order chi connectivity index (χ0) is 35.6. The average molecular weight is 657 g/mol. The Kier molecular flexibility index (Phi) is 17.6. The molecule has 260 valence electrons. The summed E-state index contributed by atoms with van der Waals surface area (Å²) < 4.78 is 29.8. The van der Waals surface area contributed by atoms with E-state index in [1.807, 2.05) is 50.3 Å². The predicted octanol–water partition coefficient (Wildman–Crippen LogP) is 7.19. The molecule has 1 unspecified atom stereocenters. The third kappa shape index (κ3) is 15.9. The van der Waals surface area contributed by atoms with Crippen molar-refractivity contribution < 1.29 is 37.8 Å². The first-order chi connectivity index (χ1) is 22.1. The molecule has 0 radical (unpaired) electrons. The Morgan fingerprint density at radius 3 is 2.13 bits per heavy atom. The smallest absolute Gasteiger partial charge is 0.408 e. The van der Waals surface area contributed by atoms with Crippen LogP contribution < -0.4 is 10.6 Å². The molecule has 2 aromatic carbocycles. The molecule has 0 saturated heterocycles. The molecule has 0 heterocycles. The number of halogens is 1. The van der Waals surface area contributed by atoms with Crippen LogP contribution in [0.5, 0.6) is 0 Å². The van der Waals surface area contributed by atoms with E-state index in [-0.39, 0.29) is 32.0 Å². The Bertz CT molecular complexity index is 1300. The first-order valence-corrected chi connectivity index (χ1v) is 16.2. The van der Waals surface area contributed by atoms with Crippen LogP contribution in [-0.2, 0) is 35.2 Å². The maximum Gasteiger partial charge on any atom is 0.408 e. The van der Waals surface area contributed by atoms with Gasteiger partial charge in [0, 0.05) is 6.42 Å². The van der Waals surface area contributed by atoms with Gasteiger partial charge in [-0.25, -0.2) is 9.18 Å². The molecule has 10 heteroatoms. The van der Waals surface area contributed by atoms with Gasteiger partial charge in [-0.3, -0.25) is 14.4 Å². The molecule has 0 aromatic heterocycles. The van der Waals surface area contributed by atoms with E-state index >= 15 is 0 Å². The van der Waals surface area contributed by atoms with Gasteiger partial charge in [-0.05, 0) is 84.6 Å². The first-order valence-electron chi connectivity index (χ1n) is 16.2. The highest BCUT2D eigenvalue weighted by Gasteiger charge is 2.34. The Morgan fingerprint density at radius 2 is 1.55 bits per heavy atom. The van der Waals surface area contributed by atoms with E-state index in [1.165, 1.54) is 26.0 Å². The molecule has 0 bridgehead atoms. The van der Waals surface area contributed by atoms with Crippen LogP contribution in [0.3, 0.4) is 0 Å². The zero-order valence-electron chi connectivity index (χ0n) is 29.4. The van der Waals surface area contributed by atoms with Crippen LogP contribution in [0.25, 0.3) is 0 Å². The minimum Gasteiger partial charge on any atom is -0.466 e. The van der Waals surface area contributed by atoms with Crippen molar-refractivity contribution in [1.82, 2.24) is 10.6 Å². The van der Waals surface area contributed by atoms with E-state index in [2.05, 4.69) is 10.6 Å². The van der Waals surface area contributed by atoms with Crippen LogP contribution in [0.15, 0.2) is 66.2 Å². The summed E-state index contributed by atoms with van der Waals surface area (Å²) in [7, 11) is 0. The quantitative estimate of drug-likeness (QED) is 0.145. The van der Waals surface area contributed by atoms with Gasteiger partial charge in [0.25, 0.3) is 0 Å². The number of hydrogen-bond donors (Lipinski definition) is 2. The van der Waals surface area contributed by atoms with E-state index < -0.39 is 46.9 Å². The number of alkyl carbamates (subject to hydrolysis) is 1. The Labute approximate surface area is 279 Å². The van der Waals surface area contributed by atoms with Crippen LogP contribution in [-0.4, -0.2) is 54.1 Å². The average Bonchev–Trinajstić information content (AvgIpc) is 2.99. The van der Waals surface area contributed by atoms with Crippen molar-refractivity contribution in [2.75, 3.05) is 13.2 Å². The summed E-state index contributed by atoms with van der Waals surface area (Å²) in [5.74, 6) is -2.23. The number of hydrogen-bond acceptors (Lipinski definition) is 7. The van der Waals surface area contributed by atoms with Gasteiger partial charge in [-0.15, -0.1) is 0 Å². The fourth-order valence-electron chi connectivity index (χ4n) is 4.36. The molecule has 2 amide bonds. The van der Waals surface area contributed by atoms with Crippen molar-refractivity contribution >= 4 is 23.8 Å². The number of ether oxygens (including phenoxy) is 3. The lowest BCUT2D eigenvalue weighted by atomic mass is 9.93. The van der Waals surface area contributed by atoms with E-state index in [0.29, 0.717) is 18.4 Å². The minimum absolute atomic E-state index is 0.0280. The van der Waals surface area contributed by atoms with Gasteiger partial charge in [-0.2, -0.15) is 0 Å². The maximum absolute atomic E-state index is 13.5. The van der Waals surface area contributed by atoms with E-state index in [0.717, 1.165) is 11.1 Å². The van der Waals surface area contributed by atoms with Crippen LogP contribution in [0, 0.1) is 5.82 Å². The van der Waals surface area contributed by atoms with Gasteiger partial charge in [0.1, 0.15) is 23.0 Å². The van der Waals surface area contributed by atoms with Crippen molar-refractivity contribution in [3.05, 3.63) is 83.2 Å². The molecule has 0 saturated carbocycles. The largest absolute Gasteiger partial charge is 0.466 e. The van der Waals surface area contributed by atoms with Gasteiger partial charge in [-0.1, -0.05) is 68.0 Å². The third-order valence-corrected chi connectivity index (χ3v) is 6.72. The Balaban J connectivity index is 0.00000541. The van der Waals surface area contributed by atoms with Gasteiger partial charge in [0.2, 0.25) is 5.91 Å². The summed E-state index contributed by atoms with van der Waals surface area (Å²) in [5, 5.41) is 5.30. The highest BCUT2D eigenvalue weighted by Crippen LogP contribution is 2.24. The molecule has 47 heavy (non-hydrogen) atoms. The van der Waals surface area contributed by atoms with Crippen LogP contribution >= 0.6 is 0 Å². The molecule has 2 atom stereocenters. The van der Waals surface area contributed by atoms with E-state index in [4.69, 9.17) is 14.2 Å². The summed E-state index contributed by atoms with van der Waals surface area (Å²) in [6, 6.07) is 14.2. The fourth-order valence-corrected chi connectivity index (χ4v) is 4.36. The lowest BCUT2D eigenvalue weighted by Crippen LogP contribution is -2.59. The summed E-state index contributed by atoms with van der Waals surface area (Å²) >= 11 is 0. The summed E-state index contributed by atoms with van der Waals surface area (Å²) in [6.07, 6.45) is 2.01. The van der Waals surface area contributed by atoms with Crippen LogP contribution in [0.2, 0.25) is 0 Å². The van der Waals surface area contributed by atoms with E-state index in [9.17, 15) is 23.6 Å². The van der Waals surface area contributed by atoms with Crippen molar-refractivity contribution in [3.63, 3.8) is 0 Å². The zero-order valence-corrected chi connectivity index (χ0v) is 29.4. The number of carbonyl (C=O) groups excluding carboxylic acids is 4. The lowest BCUT2D eigenvalue weighted by Gasteiger charge is -2.29. The molecule has 2 aromatic rings. The molecule has 0 spiro atoms. The molecular weight excluding hydrogens is 603 g/mol. The molecule has 0 aliphatic heterocycles. The molecule has 2 rings (SSSR count). The number of Topliss-reactive ketones (excluding diaryl/α,β-unsaturated/α-hetero) is 1. The number of esters is 1. The van der Waals surface area contributed by atoms with Gasteiger partial charge >= 0.3 is 12.1 Å². The van der Waals surface area contributed by atoms with Crippen molar-refractivity contribution in [3.8, 4) is 0 Å². The second-order valence-corrected chi connectivity index (χ2v) is 12.4. The number of rotatable bonds is 16. The second kappa shape index (κ2) is 20.2. The molecule has 9 nitrogen and oxygen atoms in total. The minimum atomic E-state index is -1.38. The monoisotopic (exact) mass is 656 g/mol. The number of allylic oxidation sites excluding steroid dienone is 2. The SMILES string of the molecule is CC.CCOC(=O)C(CC/C=C(\C)CC(=O)[C@@H](COCc1ccccc1)NC(=O)C(C)(C)NC(=O)OC(C)(C)C)c1ccc(F)cc1. The molecule has 0 fully saturated rings. The molecular formula is C37H53FN2O7. The van der Waals surface area contributed by atoms with E-state index in [1.54, 1.807) is 46.8 Å². The Hall–Kier alpha value is -4.05. The van der Waals surface area contributed by atoms with Gasteiger partial charge < -0.3 is 24.8 Å². The maximum atomic E-state index is 13.5. The van der Waals surface area contributed by atoms with Crippen LogP contribution in [0.4, 0.5) is 9.18 Å². The standard InChI is InChI=1S/C35H47FN2O7.C2H6/c1-8-44-31(40)28(26-17-19-27(36)20-18-26)16-12-13-24(2)21-30(39)29(23-43-22-25-14-10-9-11-15-25)37-32(41)35(6,7)38-33(42)45-34(3,4)5;1-2/h9-11,13-15,17-20,28-29H,8,12,16,21-23H2,1-7H3,(H,37,41)(H,38,42);1-2H3/b24-13+;/t28?,29-;/m1./s1. The van der Waals surface area contributed by atoms with Gasteiger partial charge in [0.15, 0.2) is 5.78 Å². The highest BCUT2D eigenvalue weighted by molar-refractivity contribution is 5.94. The van der Waals surface area contributed by atoms with Crippen molar-refractivity contribution in [2.24, 2.45) is 0 Å². The number of benzene rings is 2. The number of carbonyl (C=O) groups is 4. The van der Waals surface area contributed by atoms with Crippen molar-refractivity contribution in [2.45, 2.75) is 111 Å². The molecule has 0 aliphatic carbocycles. The summed E-state index contributed by atoms with van der Waals surface area (Å²) in [6.45, 7) is 16.1. The van der Waals surface area contributed by atoms with Crippen molar-refractivity contribution in [1.29, 1.82) is 0 Å². The fraction of sp³-hybridized carbons (Fsp3) is 0.514. The Morgan fingerprint density at radius 1 is 0.936 bits per heavy atom. The number of ketones is 1. The highest BCUT2D eigenvalue weighted by atomic mass is 19.1. The normalized spacial score (nSPS) is 12.9. The second-order valence-electron chi connectivity index (χ2n) is 12.4. The molecule has 2 N–H and O–H groups in total. The summed E-state index contributed by atoms with van der Waals surface area (Å²) in [4.78, 5) is 51.7. The van der Waals surface area contributed by atoms with Crippen LogP contribution in [0.1, 0.15) is 98.6 Å². The molecule has 0 aliphatic rings. The first kappa shape index (κ1) is 41.0. The number of nitrogens with one attached hydrogen (secondary N) is 2. The number of amides is 2. The predicted molar refractivity (Wildman–Crippen MR) is 181 cm³/mol. The topological polar surface area (TPSA) is 120 Å².